The lowest BCUT2D eigenvalue weighted by molar-refractivity contribution is 0.0149. The van der Waals surface area contributed by atoms with Gasteiger partial charge in [0.15, 0.2) is 5.76 Å². The summed E-state index contributed by atoms with van der Waals surface area (Å²) in [6.07, 6.45) is -2.12. The molecule has 110 valence electrons. The Morgan fingerprint density at radius 1 is 1.29 bits per heavy atom. The van der Waals surface area contributed by atoms with Crippen LogP contribution in [0.1, 0.15) is 46.4 Å². The Hall–Kier alpha value is -2.11. The summed E-state index contributed by atoms with van der Waals surface area (Å²) >= 11 is 0. The largest absolute Gasteiger partial charge is 0.450 e. The third-order valence-corrected chi connectivity index (χ3v) is 3.86. The third kappa shape index (κ3) is 1.97. The molecule has 0 saturated heterocycles. The lowest BCUT2D eigenvalue weighted by Gasteiger charge is -2.26. The van der Waals surface area contributed by atoms with E-state index in [-0.39, 0.29) is 11.7 Å². The quantitative estimate of drug-likeness (QED) is 0.789. The molecule has 0 spiro atoms. The fourth-order valence-electron chi connectivity index (χ4n) is 2.83. The first-order valence-corrected chi connectivity index (χ1v) is 6.93. The van der Waals surface area contributed by atoms with Gasteiger partial charge in [-0.3, -0.25) is 4.79 Å². The van der Waals surface area contributed by atoms with E-state index < -0.39 is 12.2 Å². The van der Waals surface area contributed by atoms with Crippen molar-refractivity contribution in [2.75, 3.05) is 6.54 Å². The zero-order valence-electron chi connectivity index (χ0n) is 11.9. The van der Waals surface area contributed by atoms with Crippen molar-refractivity contribution in [2.24, 2.45) is 0 Å². The van der Waals surface area contributed by atoms with Crippen molar-refractivity contribution < 1.29 is 19.4 Å². The Kier molecular flexibility index (Phi) is 3.31. The summed E-state index contributed by atoms with van der Waals surface area (Å²) in [5.41, 5.74) is 2.37. The van der Waals surface area contributed by atoms with Crippen LogP contribution >= 0.6 is 0 Å². The minimum absolute atomic E-state index is 0.185. The van der Waals surface area contributed by atoms with Crippen LogP contribution in [0.3, 0.4) is 0 Å². The van der Waals surface area contributed by atoms with Gasteiger partial charge < -0.3 is 19.9 Å². The van der Waals surface area contributed by atoms with Crippen molar-refractivity contribution in [1.29, 1.82) is 0 Å². The van der Waals surface area contributed by atoms with E-state index in [0.29, 0.717) is 34.6 Å². The van der Waals surface area contributed by atoms with Gasteiger partial charge >= 0.3 is 0 Å². The molecule has 5 nitrogen and oxygen atoms in total. The molecule has 1 aliphatic rings. The Balaban J connectivity index is 2.21. The van der Waals surface area contributed by atoms with E-state index in [1.807, 2.05) is 19.1 Å². The molecule has 1 heterocycles. The normalized spacial score (nSPS) is 19.8. The molecule has 3 N–H and O–H groups in total. The second kappa shape index (κ2) is 5.02. The minimum atomic E-state index is -1.10. The monoisotopic (exact) mass is 287 g/mol. The number of nitrogens with one attached hydrogen (secondary N) is 1. The molecular weight excluding hydrogens is 270 g/mol. The number of rotatable bonds is 2. The molecule has 1 amide bonds. The molecule has 1 aromatic heterocycles. The van der Waals surface area contributed by atoms with E-state index >= 15 is 0 Å². The van der Waals surface area contributed by atoms with Gasteiger partial charge in [0.1, 0.15) is 18.0 Å². The molecule has 21 heavy (non-hydrogen) atoms. The van der Waals surface area contributed by atoms with Crippen molar-refractivity contribution in [3.63, 3.8) is 0 Å². The second-order valence-electron chi connectivity index (χ2n) is 5.14. The summed E-state index contributed by atoms with van der Waals surface area (Å²) in [6, 6.07) is 7.18. The van der Waals surface area contributed by atoms with E-state index in [1.54, 1.807) is 19.1 Å². The zero-order chi connectivity index (χ0) is 15.1. The highest BCUT2D eigenvalue weighted by Crippen LogP contribution is 2.47. The molecule has 0 saturated carbocycles. The van der Waals surface area contributed by atoms with E-state index in [9.17, 15) is 15.0 Å². The third-order valence-electron chi connectivity index (χ3n) is 3.86. The molecular formula is C16H17NO4. The number of fused-ring (bicyclic) bond motifs is 3. The van der Waals surface area contributed by atoms with Crippen molar-refractivity contribution >= 4 is 5.91 Å². The first-order valence-electron chi connectivity index (χ1n) is 6.93. The van der Waals surface area contributed by atoms with Gasteiger partial charge in [0.2, 0.25) is 0 Å². The van der Waals surface area contributed by atoms with Crippen LogP contribution in [0.2, 0.25) is 0 Å². The van der Waals surface area contributed by atoms with E-state index in [1.165, 1.54) is 0 Å². The number of aliphatic hydroxyl groups is 2. The lowest BCUT2D eigenvalue weighted by atomic mass is 9.85. The summed E-state index contributed by atoms with van der Waals surface area (Å²) in [4.78, 5) is 12.0. The van der Waals surface area contributed by atoms with E-state index in [0.717, 1.165) is 0 Å². The highest BCUT2D eigenvalue weighted by atomic mass is 16.4. The maximum Gasteiger partial charge on any atom is 0.287 e. The van der Waals surface area contributed by atoms with E-state index in [4.69, 9.17) is 4.42 Å². The number of carbonyl (C=O) groups excluding carboxylic acids is 1. The fraction of sp³-hybridized carbons (Fsp3) is 0.312. The van der Waals surface area contributed by atoms with Gasteiger partial charge in [-0.2, -0.15) is 0 Å². The first-order chi connectivity index (χ1) is 10.1. The Labute approximate surface area is 122 Å². The van der Waals surface area contributed by atoms with Crippen molar-refractivity contribution in [3.05, 3.63) is 46.7 Å². The molecule has 0 bridgehead atoms. The summed E-state index contributed by atoms with van der Waals surface area (Å²) < 4.78 is 5.71. The number of carbonyl (C=O) groups is 1. The summed E-state index contributed by atoms with van der Waals surface area (Å²) in [6.45, 7) is 4.03. The molecule has 1 aromatic carbocycles. The highest BCUT2D eigenvalue weighted by Gasteiger charge is 2.37. The van der Waals surface area contributed by atoms with Crippen LogP contribution in [0, 0.1) is 6.92 Å². The predicted molar refractivity (Wildman–Crippen MR) is 76.8 cm³/mol. The SMILES string of the molecule is CCNC(=O)c1oc2c(c1C)C(O)C(O)c1ccccc1-2. The second-order valence-corrected chi connectivity index (χ2v) is 5.14. The lowest BCUT2D eigenvalue weighted by Crippen LogP contribution is -2.23. The highest BCUT2D eigenvalue weighted by molar-refractivity contribution is 5.94. The maximum atomic E-state index is 12.0. The molecule has 2 atom stereocenters. The Morgan fingerprint density at radius 3 is 2.71 bits per heavy atom. The van der Waals surface area contributed by atoms with Crippen LogP contribution in [0.25, 0.3) is 11.3 Å². The fourth-order valence-corrected chi connectivity index (χ4v) is 2.83. The number of furan rings is 1. The maximum absolute atomic E-state index is 12.0. The van der Waals surface area contributed by atoms with Gasteiger partial charge in [0.05, 0.1) is 0 Å². The van der Waals surface area contributed by atoms with Crippen LogP contribution in [0.5, 0.6) is 0 Å². The number of aliphatic hydroxyl groups excluding tert-OH is 2. The molecule has 0 fully saturated rings. The Bertz CT molecular complexity index is 704. The van der Waals surface area contributed by atoms with Gasteiger partial charge in [-0.15, -0.1) is 0 Å². The standard InChI is InChI=1S/C16H17NO4/c1-3-17-16(20)14-8(2)11-13(19)12(18)9-6-4-5-7-10(9)15(11)21-14/h4-7,12-13,18-19H,3H2,1-2H3,(H,17,20). The summed E-state index contributed by atoms with van der Waals surface area (Å²) in [5, 5.41) is 23.3. The summed E-state index contributed by atoms with van der Waals surface area (Å²) in [5.74, 6) is 0.329. The zero-order valence-corrected chi connectivity index (χ0v) is 11.9. The average Bonchev–Trinajstić information content (AvgIpc) is 2.83. The molecule has 0 radical (unpaired) electrons. The number of amides is 1. The van der Waals surface area contributed by atoms with Gasteiger partial charge in [0, 0.05) is 23.2 Å². The topological polar surface area (TPSA) is 82.7 Å². The molecule has 0 aliphatic heterocycles. The van der Waals surface area contributed by atoms with Crippen molar-refractivity contribution in [2.45, 2.75) is 26.1 Å². The van der Waals surface area contributed by atoms with Gasteiger partial charge in [0.25, 0.3) is 5.91 Å². The molecule has 2 aromatic rings. The average molecular weight is 287 g/mol. The van der Waals surface area contributed by atoms with Crippen LogP contribution in [0.15, 0.2) is 28.7 Å². The Morgan fingerprint density at radius 2 is 2.00 bits per heavy atom. The van der Waals surface area contributed by atoms with Gasteiger partial charge in [-0.1, -0.05) is 24.3 Å². The van der Waals surface area contributed by atoms with Crippen molar-refractivity contribution in [1.82, 2.24) is 5.32 Å². The molecule has 3 rings (SSSR count). The first kappa shape index (κ1) is 13.9. The molecule has 5 heteroatoms. The van der Waals surface area contributed by atoms with Crippen LogP contribution in [-0.4, -0.2) is 22.7 Å². The van der Waals surface area contributed by atoms with Crippen LogP contribution < -0.4 is 5.32 Å². The number of hydrogen-bond donors (Lipinski definition) is 3. The van der Waals surface area contributed by atoms with Crippen LogP contribution in [0.4, 0.5) is 0 Å². The predicted octanol–water partition coefficient (Wildman–Crippen LogP) is 2.09. The van der Waals surface area contributed by atoms with Crippen molar-refractivity contribution in [3.8, 4) is 11.3 Å². The summed E-state index contributed by atoms with van der Waals surface area (Å²) in [7, 11) is 0. The van der Waals surface area contributed by atoms with E-state index in [2.05, 4.69) is 5.32 Å². The number of hydrogen-bond acceptors (Lipinski definition) is 4. The molecule has 1 aliphatic carbocycles. The van der Waals surface area contributed by atoms with Gasteiger partial charge in [-0.25, -0.2) is 0 Å². The smallest absolute Gasteiger partial charge is 0.287 e. The van der Waals surface area contributed by atoms with Crippen LogP contribution in [-0.2, 0) is 0 Å². The number of benzene rings is 1. The minimum Gasteiger partial charge on any atom is -0.450 e. The molecule has 2 unspecified atom stereocenters. The van der Waals surface area contributed by atoms with Gasteiger partial charge in [-0.05, 0) is 19.4 Å².